The molecule has 0 unspecified atom stereocenters. The van der Waals surface area contributed by atoms with Crippen molar-refractivity contribution in [1.82, 2.24) is 0 Å². The van der Waals surface area contributed by atoms with Crippen LogP contribution in [0.1, 0.15) is 21.5 Å². The lowest BCUT2D eigenvalue weighted by molar-refractivity contribution is 0.0696. The summed E-state index contributed by atoms with van der Waals surface area (Å²) in [6, 6.07) is 25.6. The Morgan fingerprint density at radius 2 is 1.27 bits per heavy atom. The first-order chi connectivity index (χ1) is 14.6. The highest BCUT2D eigenvalue weighted by Gasteiger charge is 2.14. The lowest BCUT2D eigenvalue weighted by atomic mass is 10.0. The number of carboxylic acid groups (broad SMARTS) is 1. The number of hydrogen-bond acceptors (Lipinski definition) is 4. The van der Waals surface area contributed by atoms with Gasteiger partial charge in [-0.25, -0.2) is 4.79 Å². The maximum absolute atomic E-state index is 11.4. The average molecular weight is 400 g/mol. The van der Waals surface area contributed by atoms with Crippen molar-refractivity contribution in [2.45, 2.75) is 13.2 Å². The van der Waals surface area contributed by atoms with Crippen LogP contribution >= 0.6 is 0 Å². The van der Waals surface area contributed by atoms with Crippen LogP contribution in [0.15, 0.2) is 84.9 Å². The first-order valence-corrected chi connectivity index (χ1v) is 9.47. The second-order valence-electron chi connectivity index (χ2n) is 6.87. The minimum Gasteiger partial charge on any atom is -0.507 e. The third-order valence-electron chi connectivity index (χ3n) is 4.72. The monoisotopic (exact) mass is 400 g/mol. The number of rotatable bonds is 7. The van der Waals surface area contributed by atoms with Gasteiger partial charge in [0.25, 0.3) is 0 Å². The summed E-state index contributed by atoms with van der Waals surface area (Å²) < 4.78 is 12.0. The van der Waals surface area contributed by atoms with Crippen LogP contribution in [-0.2, 0) is 13.2 Å². The number of fused-ring (bicyclic) bond motifs is 1. The fourth-order valence-electron chi connectivity index (χ4n) is 3.17. The fourth-order valence-corrected chi connectivity index (χ4v) is 3.17. The van der Waals surface area contributed by atoms with E-state index in [2.05, 4.69) is 0 Å². The normalized spacial score (nSPS) is 10.7. The van der Waals surface area contributed by atoms with E-state index >= 15 is 0 Å². The van der Waals surface area contributed by atoms with E-state index in [1.54, 1.807) is 12.1 Å². The van der Waals surface area contributed by atoms with Gasteiger partial charge in [-0.3, -0.25) is 0 Å². The minimum absolute atomic E-state index is 0.00645. The summed E-state index contributed by atoms with van der Waals surface area (Å²) >= 11 is 0. The van der Waals surface area contributed by atoms with Gasteiger partial charge in [-0.2, -0.15) is 0 Å². The van der Waals surface area contributed by atoms with Crippen molar-refractivity contribution < 1.29 is 24.5 Å². The van der Waals surface area contributed by atoms with Crippen LogP contribution in [-0.4, -0.2) is 16.2 Å². The van der Waals surface area contributed by atoms with Gasteiger partial charge in [-0.15, -0.1) is 0 Å². The van der Waals surface area contributed by atoms with E-state index in [1.165, 1.54) is 12.1 Å². The molecule has 5 heteroatoms. The number of carboxylic acids is 1. The Balaban J connectivity index is 1.70. The number of benzene rings is 4. The van der Waals surface area contributed by atoms with Crippen molar-refractivity contribution in [1.29, 1.82) is 0 Å². The van der Waals surface area contributed by atoms with Gasteiger partial charge >= 0.3 is 5.97 Å². The largest absolute Gasteiger partial charge is 0.507 e. The summed E-state index contributed by atoms with van der Waals surface area (Å²) in [7, 11) is 0. The van der Waals surface area contributed by atoms with Crippen molar-refractivity contribution in [3.63, 3.8) is 0 Å². The summed E-state index contributed by atoms with van der Waals surface area (Å²) in [4.78, 5) is 11.4. The lowest BCUT2D eigenvalue weighted by Crippen LogP contribution is -2.01. The summed E-state index contributed by atoms with van der Waals surface area (Å²) in [6.07, 6.45) is 0. The number of carbonyl (C=O) groups is 1. The molecule has 0 amide bonds. The molecule has 0 saturated carbocycles. The van der Waals surface area contributed by atoms with Crippen molar-refractivity contribution in [2.75, 3.05) is 0 Å². The molecule has 0 aromatic heterocycles. The molecule has 2 N–H and O–H groups in total. The fraction of sp³-hybridized carbons (Fsp3) is 0.0800. The zero-order chi connectivity index (χ0) is 20.9. The van der Waals surface area contributed by atoms with Crippen LogP contribution in [0.2, 0.25) is 0 Å². The highest BCUT2D eigenvalue weighted by molar-refractivity contribution is 5.98. The maximum atomic E-state index is 11.4. The Morgan fingerprint density at radius 1 is 0.733 bits per heavy atom. The molecule has 0 aliphatic rings. The number of ether oxygens (including phenoxy) is 2. The van der Waals surface area contributed by atoms with E-state index in [0.717, 1.165) is 11.1 Å². The lowest BCUT2D eigenvalue weighted by Gasteiger charge is -2.15. The van der Waals surface area contributed by atoms with Gasteiger partial charge < -0.3 is 19.7 Å². The predicted octanol–water partition coefficient (Wildman–Crippen LogP) is 5.40. The van der Waals surface area contributed by atoms with Crippen LogP contribution in [0.25, 0.3) is 10.8 Å². The molecular weight excluding hydrogens is 380 g/mol. The Kier molecular flexibility index (Phi) is 5.52. The van der Waals surface area contributed by atoms with Gasteiger partial charge in [-0.05, 0) is 40.8 Å². The molecule has 5 nitrogen and oxygen atoms in total. The zero-order valence-electron chi connectivity index (χ0n) is 16.1. The third kappa shape index (κ3) is 4.36. The van der Waals surface area contributed by atoms with Gasteiger partial charge in [0.2, 0.25) is 0 Å². The predicted molar refractivity (Wildman–Crippen MR) is 114 cm³/mol. The van der Waals surface area contributed by atoms with Crippen molar-refractivity contribution in [3.05, 3.63) is 102 Å². The molecule has 0 heterocycles. The van der Waals surface area contributed by atoms with Crippen LogP contribution < -0.4 is 9.47 Å². The van der Waals surface area contributed by atoms with Gasteiger partial charge in [0, 0.05) is 5.39 Å². The first kappa shape index (κ1) is 19.3. The smallest absolute Gasteiger partial charge is 0.335 e. The number of hydrogen-bond donors (Lipinski definition) is 2. The van der Waals surface area contributed by atoms with E-state index in [1.807, 2.05) is 60.7 Å². The van der Waals surface area contributed by atoms with Gasteiger partial charge in [-0.1, -0.05) is 60.7 Å². The van der Waals surface area contributed by atoms with Crippen LogP contribution in [0, 0.1) is 0 Å². The summed E-state index contributed by atoms with van der Waals surface area (Å²) in [5, 5.41) is 20.7. The molecule has 4 rings (SSSR count). The van der Waals surface area contributed by atoms with Crippen molar-refractivity contribution in [3.8, 4) is 17.2 Å². The molecular formula is C25H20O5. The van der Waals surface area contributed by atoms with E-state index in [4.69, 9.17) is 9.47 Å². The van der Waals surface area contributed by atoms with E-state index < -0.39 is 5.97 Å². The Labute approximate surface area is 173 Å². The second kappa shape index (κ2) is 8.57. The highest BCUT2D eigenvalue weighted by atomic mass is 16.5. The van der Waals surface area contributed by atoms with E-state index in [9.17, 15) is 15.0 Å². The van der Waals surface area contributed by atoms with E-state index in [0.29, 0.717) is 35.5 Å². The third-order valence-corrected chi connectivity index (χ3v) is 4.72. The molecule has 0 spiro atoms. The topological polar surface area (TPSA) is 76.0 Å². The second-order valence-corrected chi connectivity index (χ2v) is 6.87. The molecule has 4 aromatic carbocycles. The minimum atomic E-state index is -1.11. The molecule has 0 saturated heterocycles. The average Bonchev–Trinajstić information content (AvgIpc) is 2.77. The molecule has 0 radical (unpaired) electrons. The first-order valence-electron chi connectivity index (χ1n) is 9.47. The quantitative estimate of drug-likeness (QED) is 0.434. The SMILES string of the molecule is O=C(O)c1cc(O)c2cc(OCc3ccccc3)c(OCc3ccccc3)cc2c1. The van der Waals surface area contributed by atoms with Crippen LogP contribution in [0.5, 0.6) is 17.2 Å². The van der Waals surface area contributed by atoms with Gasteiger partial charge in [0.05, 0.1) is 5.56 Å². The number of aromatic carboxylic acids is 1. The molecule has 0 aliphatic heterocycles. The summed E-state index contributed by atoms with van der Waals surface area (Å²) in [6.45, 7) is 0.667. The number of phenols is 1. The molecule has 0 atom stereocenters. The van der Waals surface area contributed by atoms with Crippen molar-refractivity contribution >= 4 is 16.7 Å². The van der Waals surface area contributed by atoms with Crippen LogP contribution in [0.3, 0.4) is 0 Å². The summed E-state index contributed by atoms with van der Waals surface area (Å²) in [5.74, 6) is -0.280. The Bertz CT molecular complexity index is 1170. The zero-order valence-corrected chi connectivity index (χ0v) is 16.1. The molecule has 0 fully saturated rings. The van der Waals surface area contributed by atoms with Crippen LogP contribution in [0.4, 0.5) is 0 Å². The molecule has 0 aliphatic carbocycles. The molecule has 30 heavy (non-hydrogen) atoms. The Morgan fingerprint density at radius 3 is 1.80 bits per heavy atom. The Hall–Kier alpha value is -3.99. The summed E-state index contributed by atoms with van der Waals surface area (Å²) in [5.41, 5.74) is 2.00. The van der Waals surface area contributed by atoms with E-state index in [-0.39, 0.29) is 11.3 Å². The van der Waals surface area contributed by atoms with Gasteiger partial charge in [0.1, 0.15) is 19.0 Å². The molecule has 150 valence electrons. The maximum Gasteiger partial charge on any atom is 0.335 e. The number of aromatic hydroxyl groups is 1. The highest BCUT2D eigenvalue weighted by Crippen LogP contribution is 2.38. The van der Waals surface area contributed by atoms with Gasteiger partial charge in [0.15, 0.2) is 11.5 Å². The molecule has 4 aromatic rings. The number of phenolic OH excluding ortho intramolecular Hbond substituents is 1. The molecule has 0 bridgehead atoms. The standard InChI is InChI=1S/C25H20O5/c26-22-12-20(25(27)28)11-19-13-23(29-15-17-7-3-1-4-8-17)24(14-21(19)22)30-16-18-9-5-2-6-10-18/h1-14,26H,15-16H2,(H,27,28). The van der Waals surface area contributed by atoms with Crippen molar-refractivity contribution in [2.24, 2.45) is 0 Å².